The zero-order valence-corrected chi connectivity index (χ0v) is 10.9. The van der Waals surface area contributed by atoms with E-state index in [1.165, 1.54) is 0 Å². The van der Waals surface area contributed by atoms with E-state index in [1.54, 1.807) is 0 Å². The molecular weight excluding hydrogens is 248 g/mol. The first-order valence-corrected chi connectivity index (χ1v) is 6.17. The minimum Gasteiger partial charge on any atom is -0.308 e. The molecule has 0 atom stereocenters. The van der Waals surface area contributed by atoms with E-state index >= 15 is 0 Å². The Morgan fingerprint density at radius 2 is 1.94 bits per heavy atom. The molecule has 0 saturated heterocycles. The minimum absolute atomic E-state index is 0.644. The van der Waals surface area contributed by atoms with Gasteiger partial charge < -0.3 is 5.43 Å². The molecule has 0 amide bonds. The highest BCUT2D eigenvalue weighted by molar-refractivity contribution is 6.30. The SMILES string of the molecule is CCc1cc(NN)nc(Cc2ccc(Cl)cc2)n1. The number of nitrogen functional groups attached to an aromatic ring is 1. The number of nitrogens with two attached hydrogens (primary N) is 1. The molecular formula is C13H15ClN4. The molecule has 0 spiro atoms. The number of hydrogen-bond acceptors (Lipinski definition) is 4. The average Bonchev–Trinajstić information content (AvgIpc) is 2.41. The van der Waals surface area contributed by atoms with E-state index in [-0.39, 0.29) is 0 Å². The molecule has 0 saturated carbocycles. The number of aromatic nitrogens is 2. The van der Waals surface area contributed by atoms with Gasteiger partial charge in [0.05, 0.1) is 0 Å². The molecule has 0 fully saturated rings. The molecule has 0 aliphatic carbocycles. The molecule has 1 aromatic heterocycles. The van der Waals surface area contributed by atoms with Crippen molar-refractivity contribution in [1.82, 2.24) is 9.97 Å². The van der Waals surface area contributed by atoms with E-state index in [0.717, 1.165) is 28.5 Å². The van der Waals surface area contributed by atoms with Crippen LogP contribution in [0.2, 0.25) is 5.02 Å². The fraction of sp³-hybridized carbons (Fsp3) is 0.231. The van der Waals surface area contributed by atoms with Crippen LogP contribution >= 0.6 is 11.6 Å². The number of benzene rings is 1. The maximum absolute atomic E-state index is 5.85. The molecule has 0 bridgehead atoms. The van der Waals surface area contributed by atoms with Crippen molar-refractivity contribution < 1.29 is 0 Å². The molecule has 0 aliphatic rings. The molecule has 0 aliphatic heterocycles. The average molecular weight is 263 g/mol. The van der Waals surface area contributed by atoms with Gasteiger partial charge in [0.15, 0.2) is 0 Å². The van der Waals surface area contributed by atoms with E-state index in [0.29, 0.717) is 12.2 Å². The van der Waals surface area contributed by atoms with Gasteiger partial charge in [-0.25, -0.2) is 15.8 Å². The Morgan fingerprint density at radius 3 is 2.56 bits per heavy atom. The van der Waals surface area contributed by atoms with Crippen LogP contribution in [-0.2, 0) is 12.8 Å². The Bertz CT molecular complexity index is 503. The van der Waals surface area contributed by atoms with Crippen LogP contribution in [0.25, 0.3) is 0 Å². The molecule has 2 aromatic rings. The lowest BCUT2D eigenvalue weighted by molar-refractivity contribution is 0.905. The quantitative estimate of drug-likeness (QED) is 0.657. The highest BCUT2D eigenvalue weighted by Gasteiger charge is 2.04. The molecule has 1 aromatic carbocycles. The third kappa shape index (κ3) is 3.18. The maximum atomic E-state index is 5.85. The van der Waals surface area contributed by atoms with Crippen molar-refractivity contribution in [2.24, 2.45) is 5.84 Å². The second-order valence-electron chi connectivity index (χ2n) is 3.96. The summed E-state index contributed by atoms with van der Waals surface area (Å²) in [6, 6.07) is 9.52. The van der Waals surface area contributed by atoms with Gasteiger partial charge in [-0.1, -0.05) is 30.7 Å². The predicted molar refractivity (Wildman–Crippen MR) is 73.5 cm³/mol. The number of anilines is 1. The van der Waals surface area contributed by atoms with E-state index in [9.17, 15) is 0 Å². The summed E-state index contributed by atoms with van der Waals surface area (Å²) in [4.78, 5) is 8.82. The summed E-state index contributed by atoms with van der Waals surface area (Å²) < 4.78 is 0. The maximum Gasteiger partial charge on any atom is 0.143 e. The largest absolute Gasteiger partial charge is 0.308 e. The second-order valence-corrected chi connectivity index (χ2v) is 4.40. The number of hydrogen-bond donors (Lipinski definition) is 2. The Balaban J connectivity index is 2.25. The highest BCUT2D eigenvalue weighted by atomic mass is 35.5. The summed E-state index contributed by atoms with van der Waals surface area (Å²) in [6.45, 7) is 2.05. The molecule has 0 unspecified atom stereocenters. The Labute approximate surface area is 111 Å². The molecule has 5 heteroatoms. The second kappa shape index (κ2) is 5.80. The normalized spacial score (nSPS) is 10.4. The van der Waals surface area contributed by atoms with Gasteiger partial charge in [0.25, 0.3) is 0 Å². The minimum atomic E-state index is 0.644. The number of nitrogens with zero attached hydrogens (tertiary/aromatic N) is 2. The predicted octanol–water partition coefficient (Wildman–Crippen LogP) is 2.57. The van der Waals surface area contributed by atoms with Gasteiger partial charge in [0, 0.05) is 23.2 Å². The van der Waals surface area contributed by atoms with Gasteiger partial charge in [-0.05, 0) is 24.1 Å². The third-order valence-corrected chi connectivity index (χ3v) is 2.86. The van der Waals surface area contributed by atoms with E-state index < -0.39 is 0 Å². The van der Waals surface area contributed by atoms with Crippen molar-refractivity contribution in [2.45, 2.75) is 19.8 Å². The van der Waals surface area contributed by atoms with E-state index in [2.05, 4.69) is 22.3 Å². The standard InChI is InChI=1S/C13H15ClN4/c1-2-11-8-13(18-15)17-12(16-11)7-9-3-5-10(14)6-4-9/h3-6,8H,2,7,15H2,1H3,(H,16,17,18). The number of nitrogens with one attached hydrogen (secondary N) is 1. The van der Waals surface area contributed by atoms with Gasteiger partial charge in [0.1, 0.15) is 11.6 Å². The van der Waals surface area contributed by atoms with Crippen LogP contribution in [0.3, 0.4) is 0 Å². The van der Waals surface area contributed by atoms with Crippen molar-refractivity contribution in [1.29, 1.82) is 0 Å². The lowest BCUT2D eigenvalue weighted by Crippen LogP contribution is -2.11. The molecule has 2 rings (SSSR count). The van der Waals surface area contributed by atoms with Crippen LogP contribution in [0.1, 0.15) is 24.0 Å². The summed E-state index contributed by atoms with van der Waals surface area (Å²) in [6.07, 6.45) is 1.52. The lowest BCUT2D eigenvalue weighted by atomic mass is 10.1. The van der Waals surface area contributed by atoms with Gasteiger partial charge in [-0.15, -0.1) is 0 Å². The van der Waals surface area contributed by atoms with E-state index in [4.69, 9.17) is 17.4 Å². The number of hydrazine groups is 1. The topological polar surface area (TPSA) is 63.8 Å². The van der Waals surface area contributed by atoms with Crippen LogP contribution in [0, 0.1) is 0 Å². The van der Waals surface area contributed by atoms with Gasteiger partial charge in [-0.2, -0.15) is 0 Å². The Hall–Kier alpha value is -1.65. The number of halogens is 1. The van der Waals surface area contributed by atoms with Crippen molar-refractivity contribution >= 4 is 17.4 Å². The lowest BCUT2D eigenvalue weighted by Gasteiger charge is -2.06. The highest BCUT2D eigenvalue weighted by Crippen LogP contribution is 2.13. The van der Waals surface area contributed by atoms with E-state index in [1.807, 2.05) is 30.3 Å². The number of aryl methyl sites for hydroxylation is 1. The van der Waals surface area contributed by atoms with Crippen molar-refractivity contribution in [3.05, 3.63) is 52.4 Å². The molecule has 4 nitrogen and oxygen atoms in total. The van der Waals surface area contributed by atoms with Crippen molar-refractivity contribution in [3.8, 4) is 0 Å². The fourth-order valence-corrected chi connectivity index (χ4v) is 1.80. The summed E-state index contributed by atoms with van der Waals surface area (Å²) in [5.41, 5.74) is 4.66. The molecule has 0 radical (unpaired) electrons. The monoisotopic (exact) mass is 262 g/mol. The first-order valence-electron chi connectivity index (χ1n) is 5.79. The number of rotatable bonds is 4. The summed E-state index contributed by atoms with van der Waals surface area (Å²) in [5.74, 6) is 6.80. The zero-order valence-electron chi connectivity index (χ0n) is 10.2. The van der Waals surface area contributed by atoms with Crippen LogP contribution in [0.5, 0.6) is 0 Å². The van der Waals surface area contributed by atoms with Crippen LogP contribution < -0.4 is 11.3 Å². The molecule has 18 heavy (non-hydrogen) atoms. The molecule has 1 heterocycles. The van der Waals surface area contributed by atoms with Gasteiger partial charge in [-0.3, -0.25) is 0 Å². The Morgan fingerprint density at radius 1 is 1.22 bits per heavy atom. The zero-order chi connectivity index (χ0) is 13.0. The Kier molecular flexibility index (Phi) is 4.12. The first kappa shape index (κ1) is 12.8. The first-order chi connectivity index (χ1) is 8.71. The third-order valence-electron chi connectivity index (χ3n) is 2.61. The summed E-state index contributed by atoms with van der Waals surface area (Å²) >= 11 is 5.85. The smallest absolute Gasteiger partial charge is 0.143 e. The van der Waals surface area contributed by atoms with Crippen LogP contribution in [-0.4, -0.2) is 9.97 Å². The van der Waals surface area contributed by atoms with Crippen molar-refractivity contribution in [3.63, 3.8) is 0 Å². The van der Waals surface area contributed by atoms with Crippen LogP contribution in [0.4, 0.5) is 5.82 Å². The van der Waals surface area contributed by atoms with Gasteiger partial charge in [0.2, 0.25) is 0 Å². The molecule has 3 N–H and O–H groups in total. The molecule has 94 valence electrons. The summed E-state index contributed by atoms with van der Waals surface area (Å²) in [7, 11) is 0. The van der Waals surface area contributed by atoms with Crippen molar-refractivity contribution in [2.75, 3.05) is 5.43 Å². The van der Waals surface area contributed by atoms with Crippen LogP contribution in [0.15, 0.2) is 30.3 Å². The summed E-state index contributed by atoms with van der Waals surface area (Å²) in [5, 5.41) is 0.728. The van der Waals surface area contributed by atoms with Gasteiger partial charge >= 0.3 is 0 Å². The fourth-order valence-electron chi connectivity index (χ4n) is 1.67.